The Hall–Kier alpha value is -1.20. The first-order chi connectivity index (χ1) is 10.2. The lowest BCUT2D eigenvalue weighted by molar-refractivity contribution is 0.0555. The molecule has 0 aliphatic carbocycles. The molecule has 1 atom stereocenters. The second-order valence-electron chi connectivity index (χ2n) is 5.69. The number of hydrogen-bond donors (Lipinski definition) is 1. The predicted octanol–water partition coefficient (Wildman–Crippen LogP) is 3.00. The van der Waals surface area contributed by atoms with E-state index in [1.807, 2.05) is 23.9 Å². The molecule has 21 heavy (non-hydrogen) atoms. The van der Waals surface area contributed by atoms with E-state index >= 15 is 0 Å². The molecule has 2 saturated heterocycles. The second kappa shape index (κ2) is 6.28. The summed E-state index contributed by atoms with van der Waals surface area (Å²) in [6.07, 6.45) is 2.16. The molecule has 4 nitrogen and oxygen atoms in total. The Balaban J connectivity index is 1.67. The van der Waals surface area contributed by atoms with E-state index in [4.69, 9.17) is 14.5 Å². The summed E-state index contributed by atoms with van der Waals surface area (Å²) in [6.45, 7) is 3.84. The van der Waals surface area contributed by atoms with Crippen molar-refractivity contribution < 1.29 is 9.47 Å². The lowest BCUT2D eigenvalue weighted by atomic mass is 9.93. The molecule has 0 aromatic heterocycles. The smallest absolute Gasteiger partial charge is 0.157 e. The largest absolute Gasteiger partial charge is 0.497 e. The topological polar surface area (TPSA) is 42.8 Å². The third kappa shape index (κ3) is 3.35. The van der Waals surface area contributed by atoms with Crippen molar-refractivity contribution in [2.45, 2.75) is 31.3 Å². The SMILES string of the molecule is COc1ccc(C(C)N=C2NC3(CCOCC3)CS2)cc1. The number of thioether (sulfide) groups is 1. The Morgan fingerprint density at radius 2 is 2.00 bits per heavy atom. The summed E-state index contributed by atoms with van der Waals surface area (Å²) in [5, 5.41) is 4.71. The molecule has 1 spiro atoms. The fourth-order valence-corrected chi connectivity index (χ4v) is 4.03. The second-order valence-corrected chi connectivity index (χ2v) is 6.65. The molecule has 5 heteroatoms. The molecule has 0 radical (unpaired) electrons. The fourth-order valence-electron chi connectivity index (χ4n) is 2.74. The van der Waals surface area contributed by atoms with Crippen molar-refractivity contribution in [3.63, 3.8) is 0 Å². The fraction of sp³-hybridized carbons (Fsp3) is 0.562. The predicted molar refractivity (Wildman–Crippen MR) is 87.2 cm³/mol. The lowest BCUT2D eigenvalue weighted by Crippen LogP contribution is -2.48. The van der Waals surface area contributed by atoms with Crippen molar-refractivity contribution in [2.75, 3.05) is 26.1 Å². The molecule has 2 heterocycles. The number of amidine groups is 1. The van der Waals surface area contributed by atoms with E-state index in [0.29, 0.717) is 0 Å². The van der Waals surface area contributed by atoms with E-state index in [2.05, 4.69) is 24.4 Å². The van der Waals surface area contributed by atoms with Gasteiger partial charge in [0.05, 0.1) is 18.7 Å². The van der Waals surface area contributed by atoms with Crippen molar-refractivity contribution in [1.82, 2.24) is 5.32 Å². The third-order valence-corrected chi connectivity index (χ3v) is 5.39. The summed E-state index contributed by atoms with van der Waals surface area (Å²) in [4.78, 5) is 4.84. The summed E-state index contributed by atoms with van der Waals surface area (Å²) in [7, 11) is 1.69. The molecule has 0 amide bonds. The van der Waals surface area contributed by atoms with Crippen LogP contribution in [-0.4, -0.2) is 36.8 Å². The van der Waals surface area contributed by atoms with Gasteiger partial charge >= 0.3 is 0 Å². The average Bonchev–Trinajstić information content (AvgIpc) is 2.90. The van der Waals surface area contributed by atoms with E-state index in [1.165, 1.54) is 5.56 Å². The van der Waals surface area contributed by atoms with Crippen LogP contribution in [0, 0.1) is 0 Å². The molecule has 2 aliphatic heterocycles. The van der Waals surface area contributed by atoms with Crippen molar-refractivity contribution in [3.8, 4) is 5.75 Å². The molecular weight excluding hydrogens is 284 g/mol. The molecule has 3 rings (SSSR count). The first-order valence-electron chi connectivity index (χ1n) is 7.41. The van der Waals surface area contributed by atoms with Crippen LogP contribution in [-0.2, 0) is 4.74 Å². The number of hydrogen-bond acceptors (Lipinski definition) is 4. The normalized spacial score (nSPS) is 24.0. The minimum Gasteiger partial charge on any atom is -0.497 e. The monoisotopic (exact) mass is 306 g/mol. The maximum atomic E-state index is 5.46. The Bertz CT molecular complexity index is 510. The number of aliphatic imine (C=N–C) groups is 1. The number of benzene rings is 1. The average molecular weight is 306 g/mol. The molecule has 2 aliphatic rings. The first kappa shape index (κ1) is 14.7. The lowest BCUT2D eigenvalue weighted by Gasteiger charge is -2.32. The number of nitrogens with zero attached hydrogens (tertiary/aromatic N) is 1. The maximum absolute atomic E-state index is 5.46. The van der Waals surface area contributed by atoms with E-state index in [1.54, 1.807) is 7.11 Å². The van der Waals surface area contributed by atoms with Crippen LogP contribution in [0.2, 0.25) is 0 Å². The highest BCUT2D eigenvalue weighted by molar-refractivity contribution is 8.14. The summed E-state index contributed by atoms with van der Waals surface area (Å²) in [5.41, 5.74) is 1.42. The van der Waals surface area contributed by atoms with Gasteiger partial charge in [-0.25, -0.2) is 0 Å². The standard InChI is InChI=1S/C16H22N2O2S/c1-12(13-3-5-14(19-2)6-4-13)17-15-18-16(11-21-15)7-9-20-10-8-16/h3-6,12H,7-11H2,1-2H3,(H,17,18). The number of ether oxygens (including phenoxy) is 2. The molecule has 0 bridgehead atoms. The van der Waals surface area contributed by atoms with Crippen LogP contribution in [0.5, 0.6) is 5.75 Å². The van der Waals surface area contributed by atoms with Crippen LogP contribution in [0.3, 0.4) is 0 Å². The van der Waals surface area contributed by atoms with E-state index < -0.39 is 0 Å². The van der Waals surface area contributed by atoms with Crippen LogP contribution in [0.15, 0.2) is 29.3 Å². The molecule has 1 unspecified atom stereocenters. The van der Waals surface area contributed by atoms with Gasteiger partial charge in [0.25, 0.3) is 0 Å². The zero-order chi connectivity index (χ0) is 14.7. The Morgan fingerprint density at radius 3 is 2.67 bits per heavy atom. The zero-order valence-corrected chi connectivity index (χ0v) is 13.4. The maximum Gasteiger partial charge on any atom is 0.157 e. The molecule has 1 N–H and O–H groups in total. The van der Waals surface area contributed by atoms with Crippen LogP contribution in [0.1, 0.15) is 31.4 Å². The van der Waals surface area contributed by atoms with Crippen molar-refractivity contribution in [1.29, 1.82) is 0 Å². The summed E-state index contributed by atoms with van der Waals surface area (Å²) in [6, 6.07) is 8.29. The van der Waals surface area contributed by atoms with Crippen LogP contribution in [0.4, 0.5) is 0 Å². The van der Waals surface area contributed by atoms with Crippen molar-refractivity contribution in [2.24, 2.45) is 4.99 Å². The minimum absolute atomic E-state index is 0.154. The van der Waals surface area contributed by atoms with Gasteiger partial charge in [-0.15, -0.1) is 0 Å². The summed E-state index contributed by atoms with van der Waals surface area (Å²) >= 11 is 1.84. The number of nitrogens with one attached hydrogen (secondary N) is 1. The quantitative estimate of drug-likeness (QED) is 0.932. The molecule has 2 fully saturated rings. The first-order valence-corrected chi connectivity index (χ1v) is 8.40. The Morgan fingerprint density at radius 1 is 1.29 bits per heavy atom. The number of methoxy groups -OCH3 is 1. The molecular formula is C16H22N2O2S. The summed E-state index contributed by atoms with van der Waals surface area (Å²) < 4.78 is 10.7. The molecule has 114 valence electrons. The van der Waals surface area contributed by atoms with Gasteiger partial charge in [0.2, 0.25) is 0 Å². The van der Waals surface area contributed by atoms with Gasteiger partial charge < -0.3 is 14.8 Å². The van der Waals surface area contributed by atoms with Crippen molar-refractivity contribution >= 4 is 16.9 Å². The van der Waals surface area contributed by atoms with Gasteiger partial charge in [-0.3, -0.25) is 4.99 Å². The van der Waals surface area contributed by atoms with E-state index in [-0.39, 0.29) is 11.6 Å². The highest BCUT2D eigenvalue weighted by atomic mass is 32.2. The minimum atomic E-state index is 0.154. The van der Waals surface area contributed by atoms with Gasteiger partial charge in [0.15, 0.2) is 5.17 Å². The van der Waals surface area contributed by atoms with Crippen LogP contribution < -0.4 is 10.1 Å². The zero-order valence-electron chi connectivity index (χ0n) is 12.6. The third-order valence-electron chi connectivity index (χ3n) is 4.22. The number of rotatable bonds is 3. The molecule has 1 aromatic rings. The molecule has 0 saturated carbocycles. The van der Waals surface area contributed by atoms with Gasteiger partial charge in [0.1, 0.15) is 5.75 Å². The van der Waals surface area contributed by atoms with Gasteiger partial charge in [0, 0.05) is 19.0 Å². The van der Waals surface area contributed by atoms with Gasteiger partial charge in [-0.05, 0) is 37.5 Å². The highest BCUT2D eigenvalue weighted by Crippen LogP contribution is 2.33. The van der Waals surface area contributed by atoms with Gasteiger partial charge in [-0.2, -0.15) is 0 Å². The van der Waals surface area contributed by atoms with Crippen LogP contribution in [0.25, 0.3) is 0 Å². The molecule has 1 aromatic carbocycles. The Labute approximate surface area is 130 Å². The van der Waals surface area contributed by atoms with Crippen LogP contribution >= 0.6 is 11.8 Å². The Kier molecular flexibility index (Phi) is 4.40. The van der Waals surface area contributed by atoms with E-state index in [9.17, 15) is 0 Å². The summed E-state index contributed by atoms with van der Waals surface area (Å²) in [5.74, 6) is 1.98. The van der Waals surface area contributed by atoms with Gasteiger partial charge in [-0.1, -0.05) is 23.9 Å². The van der Waals surface area contributed by atoms with E-state index in [0.717, 1.165) is 42.7 Å². The van der Waals surface area contributed by atoms with Crippen molar-refractivity contribution in [3.05, 3.63) is 29.8 Å². The highest BCUT2D eigenvalue weighted by Gasteiger charge is 2.38.